The molecule has 1 N–H and O–H groups in total. The lowest BCUT2D eigenvalue weighted by Gasteiger charge is -2.22. The molecular formula is C39H36F2N6O4S. The van der Waals surface area contributed by atoms with Gasteiger partial charge in [0.2, 0.25) is 10.0 Å². The van der Waals surface area contributed by atoms with Gasteiger partial charge < -0.3 is 9.73 Å². The van der Waals surface area contributed by atoms with Crippen molar-refractivity contribution in [3.63, 3.8) is 0 Å². The average Bonchev–Trinajstić information content (AvgIpc) is 3.82. The normalized spacial score (nSPS) is 15.4. The Morgan fingerprint density at radius 3 is 2.52 bits per heavy atom. The number of carbonyl (C=O) groups is 1. The highest BCUT2D eigenvalue weighted by atomic mass is 32.2. The van der Waals surface area contributed by atoms with E-state index in [1.807, 2.05) is 16.5 Å². The number of nitrogens with zero attached hydrogens (tertiary/aromatic N) is 5. The number of carbonyl (C=O) groups excluding carboxylic acids is 1. The Kier molecular flexibility index (Phi) is 8.03. The highest BCUT2D eigenvalue weighted by Crippen LogP contribution is 2.42. The lowest BCUT2D eigenvalue weighted by molar-refractivity contribution is 0.0964. The molecular weight excluding hydrogens is 687 g/mol. The first-order valence-electron chi connectivity index (χ1n) is 17.0. The number of sulfonamides is 1. The van der Waals surface area contributed by atoms with Crippen molar-refractivity contribution in [2.24, 2.45) is 0 Å². The molecule has 5 heterocycles. The van der Waals surface area contributed by atoms with Gasteiger partial charge in [-0.05, 0) is 87.3 Å². The number of hydrogen-bond acceptors (Lipinski definition) is 7. The molecule has 1 aliphatic heterocycles. The predicted octanol–water partition coefficient (Wildman–Crippen LogP) is 7.44. The van der Waals surface area contributed by atoms with Crippen LogP contribution in [0.5, 0.6) is 0 Å². The predicted molar refractivity (Wildman–Crippen MR) is 199 cm³/mol. The zero-order chi connectivity index (χ0) is 36.6. The van der Waals surface area contributed by atoms with Crippen LogP contribution >= 0.6 is 0 Å². The molecule has 4 aromatic heterocycles. The number of aryl methyl sites for hydroxylation is 1. The standard InChI is InChI=1S/C39H36F2N6O4S/c1-21-11-12-23(28(41)16-21)38-36(39(48)42-3)26-17-25(32(19-34(26)51-38)45(4)52(5,49)50)29-13-14-30-37(44-29)33-18-24-27(40)9-6-10-31(24)47(33)35(43-30)20-46-15-7-8-22(46)2/h6,9-14,16-19,22H,7-8,15,20H2,1-5H3,(H,42,48)/t22-/m1/s1. The van der Waals surface area contributed by atoms with E-state index in [1.54, 1.807) is 43.3 Å². The van der Waals surface area contributed by atoms with E-state index in [2.05, 4.69) is 17.1 Å². The smallest absolute Gasteiger partial charge is 0.255 e. The maximum atomic E-state index is 15.3. The van der Waals surface area contributed by atoms with Crippen LogP contribution in [0.4, 0.5) is 14.5 Å². The maximum absolute atomic E-state index is 15.3. The average molecular weight is 723 g/mol. The summed E-state index contributed by atoms with van der Waals surface area (Å²) < 4.78 is 65.9. The molecule has 1 aliphatic rings. The Labute approximate surface area is 298 Å². The van der Waals surface area contributed by atoms with Gasteiger partial charge in [-0.25, -0.2) is 27.2 Å². The second kappa shape index (κ2) is 12.4. The molecule has 52 heavy (non-hydrogen) atoms. The number of fused-ring (bicyclic) bond motifs is 6. The van der Waals surface area contributed by atoms with E-state index in [4.69, 9.17) is 14.4 Å². The Hall–Kier alpha value is -5.40. The van der Waals surface area contributed by atoms with Crippen molar-refractivity contribution in [1.29, 1.82) is 0 Å². The molecule has 0 unspecified atom stereocenters. The van der Waals surface area contributed by atoms with Crippen LogP contribution in [0.3, 0.4) is 0 Å². The Bertz CT molecular complexity index is 2720. The molecule has 0 radical (unpaired) electrons. The van der Waals surface area contributed by atoms with Gasteiger partial charge in [-0.1, -0.05) is 12.1 Å². The Balaban J connectivity index is 1.41. The fraction of sp³-hybridized carbons (Fsp3) is 0.256. The monoisotopic (exact) mass is 722 g/mol. The minimum atomic E-state index is -3.80. The highest BCUT2D eigenvalue weighted by Gasteiger charge is 2.28. The molecule has 1 fully saturated rings. The molecule has 7 aromatic rings. The van der Waals surface area contributed by atoms with Gasteiger partial charge in [-0.15, -0.1) is 0 Å². The number of hydrogen-bond donors (Lipinski definition) is 1. The fourth-order valence-corrected chi connectivity index (χ4v) is 7.86. The van der Waals surface area contributed by atoms with Crippen LogP contribution in [0.15, 0.2) is 71.1 Å². The summed E-state index contributed by atoms with van der Waals surface area (Å²) in [5, 5.41) is 3.40. The fourth-order valence-electron chi connectivity index (χ4n) is 7.35. The molecule has 13 heteroatoms. The summed E-state index contributed by atoms with van der Waals surface area (Å²) in [5.41, 5.74) is 4.43. The first-order valence-corrected chi connectivity index (χ1v) is 18.9. The van der Waals surface area contributed by atoms with E-state index >= 15 is 8.78 Å². The van der Waals surface area contributed by atoms with Crippen molar-refractivity contribution < 1.29 is 26.4 Å². The van der Waals surface area contributed by atoms with Gasteiger partial charge in [0.05, 0.1) is 51.9 Å². The number of aromatic nitrogens is 3. The summed E-state index contributed by atoms with van der Waals surface area (Å²) in [6, 6.07) is 18.5. The summed E-state index contributed by atoms with van der Waals surface area (Å²) in [6.07, 6.45) is 3.27. The highest BCUT2D eigenvalue weighted by molar-refractivity contribution is 7.92. The van der Waals surface area contributed by atoms with Gasteiger partial charge in [-0.3, -0.25) is 18.4 Å². The largest absolute Gasteiger partial charge is 0.455 e. The zero-order valence-electron chi connectivity index (χ0n) is 29.3. The first kappa shape index (κ1) is 33.7. The van der Waals surface area contributed by atoms with E-state index in [9.17, 15) is 13.2 Å². The quantitative estimate of drug-likeness (QED) is 0.182. The number of rotatable bonds is 7. The second-order valence-corrected chi connectivity index (χ2v) is 15.6. The third-order valence-corrected chi connectivity index (χ3v) is 11.4. The van der Waals surface area contributed by atoms with Crippen molar-refractivity contribution in [3.05, 3.63) is 95.3 Å². The summed E-state index contributed by atoms with van der Waals surface area (Å²) in [4.78, 5) is 25.9. The van der Waals surface area contributed by atoms with Crippen LogP contribution in [0.1, 0.15) is 41.5 Å². The molecule has 266 valence electrons. The number of likely N-dealkylation sites (tertiary alicyclic amines) is 1. The summed E-state index contributed by atoms with van der Waals surface area (Å²) in [5.74, 6) is -0.676. The number of furan rings is 1. The van der Waals surface area contributed by atoms with E-state index in [0.717, 1.165) is 35.8 Å². The summed E-state index contributed by atoms with van der Waals surface area (Å²) in [6.45, 7) is 5.47. The lowest BCUT2D eigenvalue weighted by Crippen LogP contribution is -2.27. The topological polar surface area (TPSA) is 113 Å². The minimum absolute atomic E-state index is 0.0103. The molecule has 1 saturated heterocycles. The SMILES string of the molecule is CNC(=O)c1c(-c2ccc(C)cc2F)oc2cc(N(C)S(C)(=O)=O)c(-c3ccc4nc(CN5CCC[C@H]5C)n5c6cccc(F)c6cc5c4n3)cc12. The number of nitrogens with one attached hydrogen (secondary N) is 1. The molecule has 0 spiro atoms. The summed E-state index contributed by atoms with van der Waals surface area (Å²) >= 11 is 0. The van der Waals surface area contributed by atoms with E-state index in [0.29, 0.717) is 62.2 Å². The molecule has 3 aromatic carbocycles. The van der Waals surface area contributed by atoms with Crippen molar-refractivity contribution in [2.75, 3.05) is 31.2 Å². The van der Waals surface area contributed by atoms with Crippen LogP contribution in [0.25, 0.3) is 61.0 Å². The molecule has 0 saturated carbocycles. The van der Waals surface area contributed by atoms with Gasteiger partial charge >= 0.3 is 0 Å². The van der Waals surface area contributed by atoms with Crippen molar-refractivity contribution >= 4 is 60.0 Å². The molecule has 0 aliphatic carbocycles. The van der Waals surface area contributed by atoms with Crippen LogP contribution in [0.2, 0.25) is 0 Å². The Morgan fingerprint density at radius 1 is 1.00 bits per heavy atom. The molecule has 1 amide bonds. The number of halogens is 2. The van der Waals surface area contributed by atoms with Crippen molar-refractivity contribution in [1.82, 2.24) is 24.6 Å². The van der Waals surface area contributed by atoms with Crippen molar-refractivity contribution in [2.45, 2.75) is 39.3 Å². The Morgan fingerprint density at radius 2 is 1.81 bits per heavy atom. The van der Waals surface area contributed by atoms with Crippen LogP contribution in [-0.4, -0.2) is 66.5 Å². The van der Waals surface area contributed by atoms with Gasteiger partial charge in [-0.2, -0.15) is 0 Å². The van der Waals surface area contributed by atoms with Crippen LogP contribution in [0, 0.1) is 18.6 Å². The van der Waals surface area contributed by atoms with Gasteiger partial charge in [0, 0.05) is 42.5 Å². The summed E-state index contributed by atoms with van der Waals surface area (Å²) in [7, 11) is -0.920. The van der Waals surface area contributed by atoms with Crippen LogP contribution < -0.4 is 9.62 Å². The second-order valence-electron chi connectivity index (χ2n) is 13.6. The lowest BCUT2D eigenvalue weighted by atomic mass is 10.00. The number of amides is 1. The van der Waals surface area contributed by atoms with Gasteiger partial charge in [0.1, 0.15) is 28.6 Å². The minimum Gasteiger partial charge on any atom is -0.455 e. The number of pyridine rings is 1. The third-order valence-electron chi connectivity index (χ3n) is 10.2. The zero-order valence-corrected chi connectivity index (χ0v) is 30.1. The number of anilines is 1. The van der Waals surface area contributed by atoms with Crippen LogP contribution in [-0.2, 0) is 16.6 Å². The van der Waals surface area contributed by atoms with Gasteiger partial charge in [0.25, 0.3) is 5.91 Å². The van der Waals surface area contributed by atoms with E-state index < -0.39 is 21.7 Å². The molecule has 0 bridgehead atoms. The van der Waals surface area contributed by atoms with Crippen molar-refractivity contribution in [3.8, 4) is 22.6 Å². The van der Waals surface area contributed by atoms with E-state index in [-0.39, 0.29) is 34.0 Å². The molecule has 1 atom stereocenters. The molecule has 10 nitrogen and oxygen atoms in total. The van der Waals surface area contributed by atoms with Gasteiger partial charge in [0.15, 0.2) is 5.76 Å². The number of benzene rings is 3. The first-order chi connectivity index (χ1) is 24.8. The third kappa shape index (κ3) is 5.46. The van der Waals surface area contributed by atoms with E-state index in [1.165, 1.54) is 32.3 Å². The molecule has 8 rings (SSSR count). The maximum Gasteiger partial charge on any atom is 0.255 e.